The van der Waals surface area contributed by atoms with Gasteiger partial charge in [-0.1, -0.05) is 5.21 Å². The maximum atomic E-state index is 10.5. The number of carbonyl (C=O) groups is 1. The molecule has 0 atom stereocenters. The SMILES string of the molecule is O=C(O)Cc1nnn2c1CCCC2. The number of aliphatic carboxylic acids is 1. The lowest BCUT2D eigenvalue weighted by atomic mass is 10.1. The Balaban J connectivity index is 2.26. The van der Waals surface area contributed by atoms with Gasteiger partial charge >= 0.3 is 5.97 Å². The predicted molar refractivity (Wildman–Crippen MR) is 44.3 cm³/mol. The van der Waals surface area contributed by atoms with E-state index in [1.54, 1.807) is 0 Å². The standard InChI is InChI=1S/C8H11N3O2/c12-8(13)5-6-7-3-1-2-4-11(7)10-9-6/h1-5H2,(H,12,13). The number of rotatable bonds is 2. The third kappa shape index (κ3) is 1.54. The van der Waals surface area contributed by atoms with Crippen molar-refractivity contribution >= 4 is 5.97 Å². The van der Waals surface area contributed by atoms with Gasteiger partial charge in [0, 0.05) is 6.54 Å². The summed E-state index contributed by atoms with van der Waals surface area (Å²) in [4.78, 5) is 10.5. The van der Waals surface area contributed by atoms with E-state index in [4.69, 9.17) is 5.11 Å². The van der Waals surface area contributed by atoms with Crippen LogP contribution in [-0.4, -0.2) is 26.1 Å². The average Bonchev–Trinajstić information content (AvgIpc) is 2.48. The molecule has 1 N–H and O–H groups in total. The molecule has 5 nitrogen and oxygen atoms in total. The average molecular weight is 181 g/mol. The molecule has 0 aromatic carbocycles. The number of aryl methyl sites for hydroxylation is 1. The smallest absolute Gasteiger partial charge is 0.309 e. The van der Waals surface area contributed by atoms with Crippen molar-refractivity contribution in [3.05, 3.63) is 11.4 Å². The number of aromatic nitrogens is 3. The molecule has 0 aliphatic carbocycles. The van der Waals surface area contributed by atoms with Gasteiger partial charge in [-0.2, -0.15) is 0 Å². The van der Waals surface area contributed by atoms with E-state index in [1.165, 1.54) is 0 Å². The van der Waals surface area contributed by atoms with Crippen LogP contribution in [0.1, 0.15) is 24.2 Å². The first kappa shape index (κ1) is 8.22. The van der Waals surface area contributed by atoms with E-state index in [9.17, 15) is 4.79 Å². The first-order chi connectivity index (χ1) is 6.27. The molecule has 0 radical (unpaired) electrons. The van der Waals surface area contributed by atoms with E-state index in [1.807, 2.05) is 4.68 Å². The van der Waals surface area contributed by atoms with Crippen LogP contribution in [-0.2, 0) is 24.2 Å². The van der Waals surface area contributed by atoms with E-state index < -0.39 is 5.97 Å². The highest BCUT2D eigenvalue weighted by atomic mass is 16.4. The molecule has 1 aliphatic rings. The number of hydrogen-bond donors (Lipinski definition) is 1. The number of carboxylic acids is 1. The Morgan fingerprint density at radius 2 is 2.38 bits per heavy atom. The zero-order valence-electron chi connectivity index (χ0n) is 7.23. The highest BCUT2D eigenvalue weighted by Gasteiger charge is 2.17. The van der Waals surface area contributed by atoms with Crippen molar-refractivity contribution in [3.63, 3.8) is 0 Å². The van der Waals surface area contributed by atoms with Crippen molar-refractivity contribution in [1.29, 1.82) is 0 Å². The Morgan fingerprint density at radius 1 is 1.54 bits per heavy atom. The summed E-state index contributed by atoms with van der Waals surface area (Å²) in [5, 5.41) is 16.4. The maximum Gasteiger partial charge on any atom is 0.309 e. The summed E-state index contributed by atoms with van der Waals surface area (Å²) in [5.41, 5.74) is 1.64. The summed E-state index contributed by atoms with van der Waals surface area (Å²) < 4.78 is 1.82. The summed E-state index contributed by atoms with van der Waals surface area (Å²) in [7, 11) is 0. The molecule has 0 saturated carbocycles. The lowest BCUT2D eigenvalue weighted by molar-refractivity contribution is -0.136. The zero-order valence-corrected chi connectivity index (χ0v) is 7.23. The topological polar surface area (TPSA) is 68.0 Å². The van der Waals surface area contributed by atoms with Crippen LogP contribution < -0.4 is 0 Å². The molecule has 0 bridgehead atoms. The van der Waals surface area contributed by atoms with Gasteiger partial charge in [0.15, 0.2) is 0 Å². The minimum Gasteiger partial charge on any atom is -0.481 e. The highest BCUT2D eigenvalue weighted by molar-refractivity contribution is 5.69. The van der Waals surface area contributed by atoms with Gasteiger partial charge in [0.2, 0.25) is 0 Å². The predicted octanol–water partition coefficient (Wildman–Crippen LogP) is 0.241. The number of fused-ring (bicyclic) bond motifs is 1. The van der Waals surface area contributed by atoms with E-state index >= 15 is 0 Å². The Labute approximate surface area is 75.4 Å². The first-order valence-electron chi connectivity index (χ1n) is 4.40. The Bertz CT molecular complexity index is 332. The fourth-order valence-corrected chi connectivity index (χ4v) is 1.66. The molecule has 1 aromatic heterocycles. The Morgan fingerprint density at radius 3 is 3.15 bits per heavy atom. The molecule has 0 saturated heterocycles. The van der Waals surface area contributed by atoms with Gasteiger partial charge in [-0.05, 0) is 19.3 Å². The third-order valence-electron chi connectivity index (χ3n) is 2.27. The van der Waals surface area contributed by atoms with Gasteiger partial charge in [-0.15, -0.1) is 5.10 Å². The lowest BCUT2D eigenvalue weighted by Gasteiger charge is -2.12. The number of nitrogens with zero attached hydrogens (tertiary/aromatic N) is 3. The maximum absolute atomic E-state index is 10.5. The number of hydrogen-bond acceptors (Lipinski definition) is 3. The molecule has 0 fully saturated rings. The molecule has 5 heteroatoms. The molecule has 1 aliphatic heterocycles. The second kappa shape index (κ2) is 3.16. The summed E-state index contributed by atoms with van der Waals surface area (Å²) in [6.07, 6.45) is 3.13. The summed E-state index contributed by atoms with van der Waals surface area (Å²) >= 11 is 0. The van der Waals surface area contributed by atoms with Crippen molar-refractivity contribution in [2.75, 3.05) is 0 Å². The summed E-state index contributed by atoms with van der Waals surface area (Å²) in [6, 6.07) is 0. The highest BCUT2D eigenvalue weighted by Crippen LogP contribution is 2.16. The molecule has 0 spiro atoms. The van der Waals surface area contributed by atoms with E-state index in [-0.39, 0.29) is 6.42 Å². The molecule has 2 rings (SSSR count). The van der Waals surface area contributed by atoms with Crippen molar-refractivity contribution in [1.82, 2.24) is 15.0 Å². The monoisotopic (exact) mass is 181 g/mol. The molecule has 70 valence electrons. The third-order valence-corrected chi connectivity index (χ3v) is 2.27. The molecular formula is C8H11N3O2. The first-order valence-corrected chi connectivity index (χ1v) is 4.40. The van der Waals surface area contributed by atoms with Gasteiger partial charge in [0.25, 0.3) is 0 Å². The number of carboxylic acid groups (broad SMARTS) is 1. The quantitative estimate of drug-likeness (QED) is 0.709. The van der Waals surface area contributed by atoms with Crippen molar-refractivity contribution in [2.45, 2.75) is 32.2 Å². The van der Waals surface area contributed by atoms with E-state index in [0.29, 0.717) is 5.69 Å². The molecular weight excluding hydrogens is 170 g/mol. The second-order valence-corrected chi connectivity index (χ2v) is 3.23. The van der Waals surface area contributed by atoms with Crippen molar-refractivity contribution in [3.8, 4) is 0 Å². The molecule has 0 unspecified atom stereocenters. The van der Waals surface area contributed by atoms with Crippen LogP contribution in [0.3, 0.4) is 0 Å². The molecule has 1 aromatic rings. The van der Waals surface area contributed by atoms with Crippen LogP contribution >= 0.6 is 0 Å². The van der Waals surface area contributed by atoms with Gasteiger partial charge in [-0.3, -0.25) is 4.79 Å². The van der Waals surface area contributed by atoms with Gasteiger partial charge in [0.1, 0.15) is 0 Å². The minimum atomic E-state index is -0.839. The van der Waals surface area contributed by atoms with E-state index in [2.05, 4.69) is 10.3 Å². The summed E-state index contributed by atoms with van der Waals surface area (Å²) in [6.45, 7) is 0.877. The lowest BCUT2D eigenvalue weighted by Crippen LogP contribution is -2.13. The van der Waals surface area contributed by atoms with Gasteiger partial charge in [-0.25, -0.2) is 4.68 Å². The molecule has 13 heavy (non-hydrogen) atoms. The second-order valence-electron chi connectivity index (χ2n) is 3.23. The van der Waals surface area contributed by atoms with Crippen LogP contribution in [0, 0.1) is 0 Å². The fourth-order valence-electron chi connectivity index (χ4n) is 1.66. The van der Waals surface area contributed by atoms with Crippen LogP contribution in [0.25, 0.3) is 0 Å². The van der Waals surface area contributed by atoms with Gasteiger partial charge < -0.3 is 5.11 Å². The van der Waals surface area contributed by atoms with Crippen LogP contribution in [0.5, 0.6) is 0 Å². The van der Waals surface area contributed by atoms with Crippen LogP contribution in [0.4, 0.5) is 0 Å². The Kier molecular flexibility index (Phi) is 2.00. The molecule has 0 amide bonds. The van der Waals surface area contributed by atoms with Crippen LogP contribution in [0.15, 0.2) is 0 Å². The van der Waals surface area contributed by atoms with E-state index in [0.717, 1.165) is 31.5 Å². The zero-order chi connectivity index (χ0) is 9.26. The largest absolute Gasteiger partial charge is 0.481 e. The fraction of sp³-hybridized carbons (Fsp3) is 0.625. The van der Waals surface area contributed by atoms with Crippen molar-refractivity contribution in [2.24, 2.45) is 0 Å². The Hall–Kier alpha value is -1.39. The van der Waals surface area contributed by atoms with Gasteiger partial charge in [0.05, 0.1) is 17.8 Å². The van der Waals surface area contributed by atoms with Crippen LogP contribution in [0.2, 0.25) is 0 Å². The minimum absolute atomic E-state index is 0.00463. The summed E-state index contributed by atoms with van der Waals surface area (Å²) in [5.74, 6) is -0.839. The molecule has 2 heterocycles. The normalized spacial score (nSPS) is 15.4. The van der Waals surface area contributed by atoms with Crippen molar-refractivity contribution < 1.29 is 9.90 Å².